The molecule has 0 fully saturated rings. The molecule has 0 aliphatic rings. The van der Waals surface area contributed by atoms with Gasteiger partial charge in [0.1, 0.15) is 11.3 Å². The third-order valence-corrected chi connectivity index (χ3v) is 2.98. The lowest BCUT2D eigenvalue weighted by Gasteiger charge is -1.96. The summed E-state index contributed by atoms with van der Waals surface area (Å²) in [6, 6.07) is 9.86. The average Bonchev–Trinajstić information content (AvgIpc) is 3.01. The van der Waals surface area contributed by atoms with E-state index in [-0.39, 0.29) is 17.1 Å². The summed E-state index contributed by atoms with van der Waals surface area (Å²) in [6.45, 7) is 1.71. The number of aryl methyl sites for hydroxylation is 1. The average molecular weight is 270 g/mol. The lowest BCUT2D eigenvalue weighted by molar-refractivity contribution is 0.0660. The number of fused-ring (bicyclic) bond motifs is 1. The highest BCUT2D eigenvalue weighted by Crippen LogP contribution is 2.28. The van der Waals surface area contributed by atoms with Gasteiger partial charge in [0.05, 0.1) is 5.56 Å². The van der Waals surface area contributed by atoms with Crippen LogP contribution in [0.3, 0.4) is 0 Å². The van der Waals surface area contributed by atoms with Crippen LogP contribution >= 0.6 is 0 Å². The van der Waals surface area contributed by atoms with Crippen molar-refractivity contribution in [2.75, 3.05) is 0 Å². The van der Waals surface area contributed by atoms with Gasteiger partial charge in [0.25, 0.3) is 0 Å². The van der Waals surface area contributed by atoms with Crippen molar-refractivity contribution in [3.05, 3.63) is 59.2 Å². The monoisotopic (exact) mass is 270 g/mol. The number of furan rings is 2. The summed E-state index contributed by atoms with van der Waals surface area (Å²) < 4.78 is 10.5. The van der Waals surface area contributed by atoms with Crippen molar-refractivity contribution in [1.82, 2.24) is 0 Å². The number of hydrogen-bond acceptors (Lipinski definition) is 4. The van der Waals surface area contributed by atoms with E-state index in [0.29, 0.717) is 16.7 Å². The molecule has 5 heteroatoms. The van der Waals surface area contributed by atoms with E-state index in [2.05, 4.69) is 0 Å². The summed E-state index contributed by atoms with van der Waals surface area (Å²) in [5.74, 6) is -1.48. The Bertz CT molecular complexity index is 822. The summed E-state index contributed by atoms with van der Waals surface area (Å²) in [4.78, 5) is 23.7. The van der Waals surface area contributed by atoms with Gasteiger partial charge in [-0.1, -0.05) is 18.2 Å². The first-order valence-corrected chi connectivity index (χ1v) is 5.94. The van der Waals surface area contributed by atoms with Gasteiger partial charge in [-0.05, 0) is 25.1 Å². The third kappa shape index (κ3) is 1.80. The molecule has 0 bridgehead atoms. The van der Waals surface area contributed by atoms with E-state index in [0.717, 1.165) is 0 Å². The van der Waals surface area contributed by atoms with E-state index in [1.165, 1.54) is 6.07 Å². The van der Waals surface area contributed by atoms with Crippen LogP contribution in [0.2, 0.25) is 0 Å². The second kappa shape index (κ2) is 4.38. The maximum absolute atomic E-state index is 12.4. The maximum atomic E-state index is 12.4. The number of carboxylic acid groups (broad SMARTS) is 1. The van der Waals surface area contributed by atoms with Crippen LogP contribution in [-0.4, -0.2) is 16.9 Å². The van der Waals surface area contributed by atoms with Gasteiger partial charge >= 0.3 is 5.97 Å². The quantitative estimate of drug-likeness (QED) is 0.739. The Morgan fingerprint density at radius 3 is 2.45 bits per heavy atom. The molecule has 2 aromatic heterocycles. The van der Waals surface area contributed by atoms with E-state index in [4.69, 9.17) is 8.83 Å². The molecule has 2 heterocycles. The van der Waals surface area contributed by atoms with E-state index in [1.54, 1.807) is 37.3 Å². The van der Waals surface area contributed by atoms with Gasteiger partial charge in [0.15, 0.2) is 5.76 Å². The molecule has 20 heavy (non-hydrogen) atoms. The van der Waals surface area contributed by atoms with Gasteiger partial charge in [-0.2, -0.15) is 0 Å². The van der Waals surface area contributed by atoms with Gasteiger partial charge in [-0.3, -0.25) is 4.79 Å². The second-order valence-corrected chi connectivity index (χ2v) is 4.35. The predicted octanol–water partition coefficient (Wildman–Crippen LogP) is 3.26. The van der Waals surface area contributed by atoms with Crippen LogP contribution in [-0.2, 0) is 0 Å². The first-order valence-electron chi connectivity index (χ1n) is 5.94. The molecule has 0 saturated carbocycles. The third-order valence-electron chi connectivity index (χ3n) is 2.98. The first kappa shape index (κ1) is 12.2. The molecule has 0 unspecified atom stereocenters. The van der Waals surface area contributed by atoms with Crippen LogP contribution in [0.1, 0.15) is 32.4 Å². The molecule has 5 nitrogen and oxygen atoms in total. The standard InChI is InChI=1S/C15H10O5/c1-8-6-7-11(19-8)13(16)12-9-4-2-3-5-10(9)20-14(12)15(17)18/h2-7H,1H3,(H,17,18). The molecule has 3 rings (SSSR count). The van der Waals surface area contributed by atoms with Crippen molar-refractivity contribution in [2.45, 2.75) is 6.92 Å². The minimum absolute atomic E-state index is 0.0162. The number of hydrogen-bond donors (Lipinski definition) is 1. The first-order chi connectivity index (χ1) is 9.58. The molecule has 0 aliphatic carbocycles. The predicted molar refractivity (Wildman–Crippen MR) is 70.1 cm³/mol. The van der Waals surface area contributed by atoms with E-state index in [9.17, 15) is 14.7 Å². The normalized spacial score (nSPS) is 10.8. The summed E-state index contributed by atoms with van der Waals surface area (Å²) in [5, 5.41) is 9.65. The number of carbonyl (C=O) groups is 2. The SMILES string of the molecule is Cc1ccc(C(=O)c2c(C(=O)O)oc3ccccc23)o1. The molecule has 3 aromatic rings. The number of carbonyl (C=O) groups excluding carboxylic acids is 1. The van der Waals surface area contributed by atoms with Crippen molar-refractivity contribution >= 4 is 22.7 Å². The molecule has 1 N–H and O–H groups in total. The van der Waals surface area contributed by atoms with Crippen molar-refractivity contribution in [3.8, 4) is 0 Å². The van der Waals surface area contributed by atoms with Crippen molar-refractivity contribution in [2.24, 2.45) is 0 Å². The van der Waals surface area contributed by atoms with Crippen LogP contribution in [0.5, 0.6) is 0 Å². The topological polar surface area (TPSA) is 80.7 Å². The van der Waals surface area contributed by atoms with Crippen molar-refractivity contribution in [3.63, 3.8) is 0 Å². The molecule has 100 valence electrons. The minimum atomic E-state index is -1.28. The Labute approximate surface area is 113 Å². The Morgan fingerprint density at radius 2 is 1.80 bits per heavy atom. The van der Waals surface area contributed by atoms with Crippen LogP contribution in [0.25, 0.3) is 11.0 Å². The maximum Gasteiger partial charge on any atom is 0.372 e. The molecule has 0 atom stereocenters. The number of para-hydroxylation sites is 1. The van der Waals surface area contributed by atoms with Crippen LogP contribution in [0.4, 0.5) is 0 Å². The summed E-state index contributed by atoms with van der Waals surface area (Å²) >= 11 is 0. The Hall–Kier alpha value is -2.82. The number of carboxylic acids is 1. The fraction of sp³-hybridized carbons (Fsp3) is 0.0667. The fourth-order valence-electron chi connectivity index (χ4n) is 2.10. The van der Waals surface area contributed by atoms with Crippen LogP contribution in [0, 0.1) is 6.92 Å². The van der Waals surface area contributed by atoms with Crippen LogP contribution < -0.4 is 0 Å². The molecular weight excluding hydrogens is 260 g/mol. The largest absolute Gasteiger partial charge is 0.475 e. The summed E-state index contributed by atoms with van der Waals surface area (Å²) in [7, 11) is 0. The number of rotatable bonds is 3. The zero-order chi connectivity index (χ0) is 14.3. The molecule has 0 saturated heterocycles. The molecular formula is C15H10O5. The van der Waals surface area contributed by atoms with Gasteiger partial charge in [0, 0.05) is 5.39 Å². The lowest BCUT2D eigenvalue weighted by atomic mass is 10.0. The molecule has 0 aliphatic heterocycles. The van der Waals surface area contributed by atoms with Gasteiger partial charge in [-0.25, -0.2) is 4.79 Å². The highest BCUT2D eigenvalue weighted by molar-refractivity contribution is 6.19. The summed E-state index contributed by atoms with van der Waals surface area (Å²) in [5.41, 5.74) is 0.374. The fourth-order valence-corrected chi connectivity index (χ4v) is 2.10. The van der Waals surface area contributed by atoms with Gasteiger partial charge < -0.3 is 13.9 Å². The minimum Gasteiger partial charge on any atom is -0.475 e. The van der Waals surface area contributed by atoms with E-state index in [1.807, 2.05) is 0 Å². The molecule has 0 spiro atoms. The van der Waals surface area contributed by atoms with Crippen molar-refractivity contribution in [1.29, 1.82) is 0 Å². The highest BCUT2D eigenvalue weighted by Gasteiger charge is 2.27. The Balaban J connectivity index is 2.26. The van der Waals surface area contributed by atoms with Gasteiger partial charge in [0.2, 0.25) is 11.5 Å². The van der Waals surface area contributed by atoms with Gasteiger partial charge in [-0.15, -0.1) is 0 Å². The Kier molecular flexibility index (Phi) is 2.68. The summed E-state index contributed by atoms with van der Waals surface area (Å²) in [6.07, 6.45) is 0. The molecule has 1 aromatic carbocycles. The lowest BCUT2D eigenvalue weighted by Crippen LogP contribution is -2.06. The zero-order valence-electron chi connectivity index (χ0n) is 10.5. The van der Waals surface area contributed by atoms with Crippen molar-refractivity contribution < 1.29 is 23.5 Å². The van der Waals surface area contributed by atoms with Crippen LogP contribution in [0.15, 0.2) is 45.2 Å². The number of benzene rings is 1. The smallest absolute Gasteiger partial charge is 0.372 e. The second-order valence-electron chi connectivity index (χ2n) is 4.35. The number of ketones is 1. The van der Waals surface area contributed by atoms with E-state index >= 15 is 0 Å². The number of aromatic carboxylic acids is 1. The Morgan fingerprint density at radius 1 is 1.05 bits per heavy atom. The zero-order valence-corrected chi connectivity index (χ0v) is 10.5. The van der Waals surface area contributed by atoms with E-state index < -0.39 is 11.8 Å². The molecule has 0 radical (unpaired) electrons. The molecule has 0 amide bonds. The highest BCUT2D eigenvalue weighted by atomic mass is 16.4.